The molecule has 102 valence electrons. The molecule has 3 aromatic rings. The van der Waals surface area contributed by atoms with E-state index in [0.717, 1.165) is 29.0 Å². The van der Waals surface area contributed by atoms with Crippen molar-refractivity contribution >= 4 is 40.2 Å². The number of anilines is 1. The summed E-state index contributed by atoms with van der Waals surface area (Å²) in [7, 11) is 0. The Morgan fingerprint density at radius 1 is 1.05 bits per heavy atom. The second-order valence-corrected chi connectivity index (χ2v) is 5.45. The summed E-state index contributed by atoms with van der Waals surface area (Å²) in [4.78, 5) is 4.34. The van der Waals surface area contributed by atoms with Crippen molar-refractivity contribution in [1.82, 2.24) is 9.55 Å². The number of benzene rings is 2. The van der Waals surface area contributed by atoms with E-state index in [9.17, 15) is 0 Å². The molecule has 3 rings (SSSR count). The number of nitrogen functional groups attached to an aromatic ring is 1. The standard InChI is InChI=1S/C15H13Cl2N3/c16-11-6-4-10(5-7-11)8-9-20-14-12(17)2-1-3-13(14)19-15(20)18/h1-7H,8-9H2,(H2,18,19). The minimum atomic E-state index is 0.488. The number of hydrogen-bond donors (Lipinski definition) is 1. The molecule has 1 aromatic heterocycles. The Morgan fingerprint density at radius 3 is 2.55 bits per heavy atom. The van der Waals surface area contributed by atoms with E-state index in [0.29, 0.717) is 11.0 Å². The molecule has 0 atom stereocenters. The topological polar surface area (TPSA) is 43.8 Å². The molecule has 0 unspecified atom stereocenters. The zero-order chi connectivity index (χ0) is 14.1. The van der Waals surface area contributed by atoms with Crippen molar-refractivity contribution in [1.29, 1.82) is 0 Å². The molecule has 0 spiro atoms. The molecule has 0 aliphatic carbocycles. The number of halogens is 2. The Kier molecular flexibility index (Phi) is 3.55. The maximum atomic E-state index is 6.24. The first-order chi connectivity index (χ1) is 9.65. The molecule has 0 aliphatic heterocycles. The molecule has 1 heterocycles. The second-order valence-electron chi connectivity index (χ2n) is 4.61. The molecule has 0 aliphatic rings. The van der Waals surface area contributed by atoms with Crippen molar-refractivity contribution < 1.29 is 0 Å². The molecule has 0 bridgehead atoms. The van der Waals surface area contributed by atoms with Crippen molar-refractivity contribution in [2.75, 3.05) is 5.73 Å². The number of aromatic nitrogens is 2. The van der Waals surface area contributed by atoms with Crippen LogP contribution in [0, 0.1) is 0 Å². The summed E-state index contributed by atoms with van der Waals surface area (Å²) in [5, 5.41) is 1.41. The maximum absolute atomic E-state index is 6.24. The highest BCUT2D eigenvalue weighted by molar-refractivity contribution is 6.35. The highest BCUT2D eigenvalue weighted by atomic mass is 35.5. The van der Waals surface area contributed by atoms with Crippen molar-refractivity contribution in [3.8, 4) is 0 Å². The summed E-state index contributed by atoms with van der Waals surface area (Å²) < 4.78 is 1.95. The molecule has 20 heavy (non-hydrogen) atoms. The van der Waals surface area contributed by atoms with Crippen LogP contribution in [0.3, 0.4) is 0 Å². The minimum absolute atomic E-state index is 0.488. The van der Waals surface area contributed by atoms with Crippen LogP contribution in [0.2, 0.25) is 10.0 Å². The third-order valence-electron chi connectivity index (χ3n) is 3.28. The molecule has 2 N–H and O–H groups in total. The molecule has 2 aromatic carbocycles. The van der Waals surface area contributed by atoms with Gasteiger partial charge in [-0.15, -0.1) is 0 Å². The van der Waals surface area contributed by atoms with Gasteiger partial charge in [0.2, 0.25) is 5.95 Å². The third kappa shape index (κ3) is 2.47. The molecule has 0 radical (unpaired) electrons. The summed E-state index contributed by atoms with van der Waals surface area (Å²) in [6, 6.07) is 13.4. The lowest BCUT2D eigenvalue weighted by atomic mass is 10.1. The maximum Gasteiger partial charge on any atom is 0.201 e. The lowest BCUT2D eigenvalue weighted by Crippen LogP contribution is -2.05. The molecule has 0 saturated heterocycles. The van der Waals surface area contributed by atoms with Crippen LogP contribution in [-0.2, 0) is 13.0 Å². The average molecular weight is 306 g/mol. The molecular formula is C15H13Cl2N3. The number of para-hydroxylation sites is 1. The van der Waals surface area contributed by atoms with E-state index >= 15 is 0 Å². The van der Waals surface area contributed by atoms with Gasteiger partial charge in [0.25, 0.3) is 0 Å². The highest BCUT2D eigenvalue weighted by Gasteiger charge is 2.10. The Labute approximate surface area is 126 Å². The van der Waals surface area contributed by atoms with Gasteiger partial charge >= 0.3 is 0 Å². The zero-order valence-corrected chi connectivity index (χ0v) is 12.2. The van der Waals surface area contributed by atoms with Crippen LogP contribution in [0.15, 0.2) is 42.5 Å². The summed E-state index contributed by atoms with van der Waals surface area (Å²) in [5.41, 5.74) is 8.89. The predicted molar refractivity (Wildman–Crippen MR) is 84.3 cm³/mol. The van der Waals surface area contributed by atoms with Gasteiger partial charge < -0.3 is 10.3 Å². The van der Waals surface area contributed by atoms with Gasteiger partial charge in [0, 0.05) is 11.6 Å². The second kappa shape index (κ2) is 5.35. The van der Waals surface area contributed by atoms with Gasteiger partial charge in [-0.2, -0.15) is 0 Å². The Bertz CT molecular complexity index is 748. The van der Waals surface area contributed by atoms with Gasteiger partial charge in [0.15, 0.2) is 0 Å². The van der Waals surface area contributed by atoms with E-state index in [1.165, 1.54) is 5.56 Å². The fraction of sp³-hybridized carbons (Fsp3) is 0.133. The van der Waals surface area contributed by atoms with Crippen molar-refractivity contribution in [3.05, 3.63) is 58.1 Å². The smallest absolute Gasteiger partial charge is 0.201 e. The Balaban J connectivity index is 1.91. The molecule has 0 amide bonds. The van der Waals surface area contributed by atoms with Crippen LogP contribution in [-0.4, -0.2) is 9.55 Å². The van der Waals surface area contributed by atoms with Gasteiger partial charge in [-0.3, -0.25) is 0 Å². The van der Waals surface area contributed by atoms with Crippen LogP contribution in [0.4, 0.5) is 5.95 Å². The number of hydrogen-bond acceptors (Lipinski definition) is 2. The summed E-state index contributed by atoms with van der Waals surface area (Å²) >= 11 is 12.1. The number of nitrogens with two attached hydrogens (primary N) is 1. The van der Waals surface area contributed by atoms with Gasteiger partial charge in [-0.25, -0.2) is 4.98 Å². The van der Waals surface area contributed by atoms with E-state index in [1.807, 2.05) is 47.0 Å². The molecule has 3 nitrogen and oxygen atoms in total. The van der Waals surface area contributed by atoms with E-state index in [1.54, 1.807) is 0 Å². The van der Waals surface area contributed by atoms with E-state index in [-0.39, 0.29) is 0 Å². The van der Waals surface area contributed by atoms with Crippen molar-refractivity contribution in [2.24, 2.45) is 0 Å². The van der Waals surface area contributed by atoms with E-state index in [2.05, 4.69) is 4.98 Å². The fourth-order valence-electron chi connectivity index (χ4n) is 2.28. The van der Waals surface area contributed by atoms with Crippen molar-refractivity contribution in [2.45, 2.75) is 13.0 Å². The fourth-order valence-corrected chi connectivity index (χ4v) is 2.68. The molecular weight excluding hydrogens is 293 g/mol. The molecule has 0 saturated carbocycles. The first-order valence-corrected chi connectivity index (χ1v) is 7.05. The summed E-state index contributed by atoms with van der Waals surface area (Å²) in [6.45, 7) is 0.730. The Morgan fingerprint density at radius 2 is 1.80 bits per heavy atom. The van der Waals surface area contributed by atoms with E-state index in [4.69, 9.17) is 28.9 Å². The first-order valence-electron chi connectivity index (χ1n) is 6.30. The van der Waals surface area contributed by atoms with Crippen LogP contribution in [0.25, 0.3) is 11.0 Å². The van der Waals surface area contributed by atoms with Gasteiger partial charge in [0.05, 0.1) is 16.1 Å². The Hall–Kier alpha value is -1.71. The summed E-state index contributed by atoms with van der Waals surface area (Å²) in [6.07, 6.45) is 0.845. The van der Waals surface area contributed by atoms with Crippen molar-refractivity contribution in [3.63, 3.8) is 0 Å². The third-order valence-corrected chi connectivity index (χ3v) is 3.84. The number of nitrogens with zero attached hydrogens (tertiary/aromatic N) is 2. The van der Waals surface area contributed by atoms with E-state index < -0.39 is 0 Å². The van der Waals surface area contributed by atoms with Gasteiger partial charge in [-0.05, 0) is 36.2 Å². The lowest BCUT2D eigenvalue weighted by Gasteiger charge is -2.07. The van der Waals surface area contributed by atoms with Crippen LogP contribution in [0.1, 0.15) is 5.56 Å². The first kappa shape index (κ1) is 13.3. The van der Waals surface area contributed by atoms with Crippen LogP contribution in [0.5, 0.6) is 0 Å². The van der Waals surface area contributed by atoms with Gasteiger partial charge in [-0.1, -0.05) is 41.4 Å². The monoisotopic (exact) mass is 305 g/mol. The number of imidazole rings is 1. The number of fused-ring (bicyclic) bond motifs is 1. The molecule has 0 fully saturated rings. The quantitative estimate of drug-likeness (QED) is 0.789. The predicted octanol–water partition coefficient (Wildman–Crippen LogP) is 4.17. The normalized spacial score (nSPS) is 11.1. The largest absolute Gasteiger partial charge is 0.369 e. The molecule has 5 heteroatoms. The average Bonchev–Trinajstić information content (AvgIpc) is 2.75. The SMILES string of the molecule is Nc1nc2cccc(Cl)c2n1CCc1ccc(Cl)cc1. The van der Waals surface area contributed by atoms with Gasteiger partial charge in [0.1, 0.15) is 0 Å². The zero-order valence-electron chi connectivity index (χ0n) is 10.7. The number of aryl methyl sites for hydroxylation is 2. The lowest BCUT2D eigenvalue weighted by molar-refractivity contribution is 0.726. The van der Waals surface area contributed by atoms with Crippen LogP contribution < -0.4 is 5.73 Å². The number of rotatable bonds is 3. The highest BCUT2D eigenvalue weighted by Crippen LogP contribution is 2.26. The summed E-state index contributed by atoms with van der Waals surface area (Å²) in [5.74, 6) is 0.488. The minimum Gasteiger partial charge on any atom is -0.369 e. The van der Waals surface area contributed by atoms with Crippen LogP contribution >= 0.6 is 23.2 Å².